The Hall–Kier alpha value is 0.170. The minimum absolute atomic E-state index is 0.696. The van der Waals surface area contributed by atoms with Crippen LogP contribution in [-0.4, -0.2) is 57.3 Å². The Morgan fingerprint density at radius 1 is 1.31 bits per heavy atom. The van der Waals surface area contributed by atoms with E-state index < -0.39 is 0 Å². The van der Waals surface area contributed by atoms with Crippen LogP contribution in [0, 0.1) is 5.92 Å². The fraction of sp³-hybridized carbons (Fsp3) is 1.00. The van der Waals surface area contributed by atoms with Gasteiger partial charge in [-0.3, -0.25) is 0 Å². The summed E-state index contributed by atoms with van der Waals surface area (Å²) in [6.45, 7) is 5.88. The van der Waals surface area contributed by atoms with Gasteiger partial charge in [0.15, 0.2) is 0 Å². The predicted octanol–water partition coefficient (Wildman–Crippen LogP) is 1.99. The number of ether oxygens (including phenoxy) is 2. The number of methoxy groups -OCH3 is 1. The quantitative estimate of drug-likeness (QED) is 0.461. The molecule has 0 spiro atoms. The van der Waals surface area contributed by atoms with E-state index in [-0.39, 0.29) is 0 Å². The Bertz CT molecular complexity index is 169. The molecule has 3 nitrogen and oxygen atoms in total. The first kappa shape index (κ1) is 14.2. The lowest BCUT2D eigenvalue weighted by molar-refractivity contribution is 0.0661. The molecule has 0 saturated carbocycles. The van der Waals surface area contributed by atoms with Crippen molar-refractivity contribution in [3.8, 4) is 0 Å². The van der Waals surface area contributed by atoms with Gasteiger partial charge in [0.25, 0.3) is 0 Å². The summed E-state index contributed by atoms with van der Waals surface area (Å²) >= 11 is 5.75. The molecule has 1 rings (SSSR count). The lowest BCUT2D eigenvalue weighted by Gasteiger charge is -2.15. The van der Waals surface area contributed by atoms with E-state index in [9.17, 15) is 0 Å². The van der Waals surface area contributed by atoms with Crippen LogP contribution in [0.3, 0.4) is 0 Å². The predicted molar refractivity (Wildman–Crippen MR) is 67.2 cm³/mol. The molecule has 0 N–H and O–H groups in total. The molecule has 0 amide bonds. The first-order valence-corrected chi connectivity index (χ1v) is 6.75. The molecule has 0 radical (unpaired) electrons. The lowest BCUT2D eigenvalue weighted by Crippen LogP contribution is -2.23. The van der Waals surface area contributed by atoms with Crippen LogP contribution < -0.4 is 0 Å². The zero-order valence-electron chi connectivity index (χ0n) is 10.3. The van der Waals surface area contributed by atoms with Gasteiger partial charge in [0.2, 0.25) is 0 Å². The molecule has 1 heterocycles. The third kappa shape index (κ3) is 6.04. The number of hydrogen-bond acceptors (Lipinski definition) is 3. The summed E-state index contributed by atoms with van der Waals surface area (Å²) in [5.41, 5.74) is 0. The summed E-state index contributed by atoms with van der Waals surface area (Å²) in [7, 11) is 1.70. The summed E-state index contributed by atoms with van der Waals surface area (Å²) in [5.74, 6) is 1.63. The minimum Gasteiger partial charge on any atom is -0.382 e. The van der Waals surface area contributed by atoms with Gasteiger partial charge in [-0.05, 0) is 31.7 Å². The Morgan fingerprint density at radius 2 is 2.19 bits per heavy atom. The second-order valence-corrected chi connectivity index (χ2v) is 4.77. The zero-order chi connectivity index (χ0) is 11.6. The van der Waals surface area contributed by atoms with Gasteiger partial charge in [0, 0.05) is 32.7 Å². The van der Waals surface area contributed by atoms with E-state index >= 15 is 0 Å². The third-order valence-corrected chi connectivity index (χ3v) is 3.30. The maximum Gasteiger partial charge on any atom is 0.0700 e. The van der Waals surface area contributed by atoms with Crippen LogP contribution in [0.25, 0.3) is 0 Å². The van der Waals surface area contributed by atoms with Crippen LogP contribution in [0.4, 0.5) is 0 Å². The molecule has 1 unspecified atom stereocenters. The van der Waals surface area contributed by atoms with Gasteiger partial charge in [-0.2, -0.15) is 0 Å². The average molecular weight is 250 g/mol. The maximum absolute atomic E-state index is 5.75. The summed E-state index contributed by atoms with van der Waals surface area (Å²) in [6.07, 6.45) is 3.61. The molecule has 0 aromatic heterocycles. The Balaban J connectivity index is 1.90. The molecule has 1 aliphatic heterocycles. The van der Waals surface area contributed by atoms with E-state index in [0.29, 0.717) is 13.2 Å². The van der Waals surface area contributed by atoms with Gasteiger partial charge >= 0.3 is 0 Å². The Kier molecular flexibility index (Phi) is 8.21. The number of rotatable bonds is 9. The first-order chi connectivity index (χ1) is 7.86. The molecule has 4 heteroatoms. The van der Waals surface area contributed by atoms with Gasteiger partial charge < -0.3 is 14.4 Å². The average Bonchev–Trinajstić information content (AvgIpc) is 2.72. The van der Waals surface area contributed by atoms with Crippen LogP contribution in [0.2, 0.25) is 0 Å². The Morgan fingerprint density at radius 3 is 2.94 bits per heavy atom. The van der Waals surface area contributed by atoms with E-state index in [4.69, 9.17) is 21.1 Å². The maximum atomic E-state index is 5.75. The highest BCUT2D eigenvalue weighted by atomic mass is 35.5. The molecule has 0 aliphatic carbocycles. The standard InChI is InChI=1S/C12H24ClNO2/c1-15-9-10-16-8-2-6-14-7-4-12(11-14)3-5-13/h12H,2-11H2,1H3. The van der Waals surface area contributed by atoms with E-state index in [0.717, 1.165) is 31.4 Å². The molecule has 0 aromatic carbocycles. The second kappa shape index (κ2) is 9.23. The minimum atomic E-state index is 0.696. The summed E-state index contributed by atoms with van der Waals surface area (Å²) < 4.78 is 10.4. The van der Waals surface area contributed by atoms with Crippen LogP contribution >= 0.6 is 11.6 Å². The number of likely N-dealkylation sites (tertiary alicyclic amines) is 1. The fourth-order valence-corrected chi connectivity index (χ4v) is 2.45. The molecule has 1 atom stereocenters. The SMILES string of the molecule is COCCOCCCN1CCC(CCCl)C1. The van der Waals surface area contributed by atoms with Crippen LogP contribution in [0.5, 0.6) is 0 Å². The van der Waals surface area contributed by atoms with Gasteiger partial charge in [0.05, 0.1) is 13.2 Å². The Labute approximate surface area is 104 Å². The van der Waals surface area contributed by atoms with E-state index in [1.54, 1.807) is 7.11 Å². The van der Waals surface area contributed by atoms with Crippen LogP contribution in [0.15, 0.2) is 0 Å². The molecular weight excluding hydrogens is 226 g/mol. The van der Waals surface area contributed by atoms with Crippen molar-refractivity contribution in [3.05, 3.63) is 0 Å². The van der Waals surface area contributed by atoms with Gasteiger partial charge in [-0.15, -0.1) is 11.6 Å². The number of halogens is 1. The summed E-state index contributed by atoms with van der Waals surface area (Å²) in [5, 5.41) is 0. The largest absolute Gasteiger partial charge is 0.382 e. The molecule has 1 saturated heterocycles. The van der Waals surface area contributed by atoms with Crippen molar-refractivity contribution in [1.82, 2.24) is 4.90 Å². The first-order valence-electron chi connectivity index (χ1n) is 6.21. The summed E-state index contributed by atoms with van der Waals surface area (Å²) in [6, 6.07) is 0. The molecule has 16 heavy (non-hydrogen) atoms. The topological polar surface area (TPSA) is 21.7 Å². The lowest BCUT2D eigenvalue weighted by atomic mass is 10.1. The van der Waals surface area contributed by atoms with Gasteiger partial charge in [-0.1, -0.05) is 0 Å². The van der Waals surface area contributed by atoms with Crippen LogP contribution in [0.1, 0.15) is 19.3 Å². The van der Waals surface area contributed by atoms with Crippen LogP contribution in [-0.2, 0) is 9.47 Å². The highest BCUT2D eigenvalue weighted by molar-refractivity contribution is 6.17. The normalized spacial score (nSPS) is 21.8. The van der Waals surface area contributed by atoms with Gasteiger partial charge in [0.1, 0.15) is 0 Å². The van der Waals surface area contributed by atoms with Crippen molar-refractivity contribution < 1.29 is 9.47 Å². The van der Waals surface area contributed by atoms with Crippen molar-refractivity contribution in [2.45, 2.75) is 19.3 Å². The number of nitrogens with zero attached hydrogens (tertiary/aromatic N) is 1. The van der Waals surface area contributed by atoms with Crippen molar-refractivity contribution in [1.29, 1.82) is 0 Å². The van der Waals surface area contributed by atoms with Crippen molar-refractivity contribution in [3.63, 3.8) is 0 Å². The summed E-state index contributed by atoms with van der Waals surface area (Å²) in [4.78, 5) is 2.52. The highest BCUT2D eigenvalue weighted by Gasteiger charge is 2.20. The molecule has 0 aromatic rings. The van der Waals surface area contributed by atoms with E-state index in [2.05, 4.69) is 4.90 Å². The van der Waals surface area contributed by atoms with Gasteiger partial charge in [-0.25, -0.2) is 0 Å². The zero-order valence-corrected chi connectivity index (χ0v) is 11.0. The van der Waals surface area contributed by atoms with E-state index in [1.165, 1.54) is 25.9 Å². The number of hydrogen-bond donors (Lipinski definition) is 0. The van der Waals surface area contributed by atoms with Crippen molar-refractivity contribution in [2.75, 3.05) is 52.4 Å². The number of alkyl halides is 1. The van der Waals surface area contributed by atoms with Crippen molar-refractivity contribution in [2.24, 2.45) is 5.92 Å². The smallest absolute Gasteiger partial charge is 0.0700 e. The van der Waals surface area contributed by atoms with E-state index in [1.807, 2.05) is 0 Å². The monoisotopic (exact) mass is 249 g/mol. The fourth-order valence-electron chi connectivity index (χ4n) is 2.14. The third-order valence-electron chi connectivity index (χ3n) is 3.08. The molecule has 96 valence electrons. The second-order valence-electron chi connectivity index (χ2n) is 4.39. The molecule has 0 bridgehead atoms. The molecule has 1 aliphatic rings. The highest BCUT2D eigenvalue weighted by Crippen LogP contribution is 2.19. The molecule has 1 fully saturated rings. The molecular formula is C12H24ClNO2. The van der Waals surface area contributed by atoms with Crippen molar-refractivity contribution >= 4 is 11.6 Å².